The fraction of sp³-hybridized carbons (Fsp3) is 0.467. The number of aromatic nitrogens is 4. The zero-order chi connectivity index (χ0) is 17.6. The first-order chi connectivity index (χ1) is 11.4. The molecule has 0 aliphatic heterocycles. The van der Waals surface area contributed by atoms with Crippen LogP contribution < -0.4 is 20.1 Å². The zero-order valence-electron chi connectivity index (χ0n) is 14.2. The lowest BCUT2D eigenvalue weighted by Crippen LogP contribution is -2.43. The van der Waals surface area contributed by atoms with Crippen molar-refractivity contribution in [1.82, 2.24) is 25.9 Å². The first-order valence-corrected chi connectivity index (χ1v) is 7.46. The van der Waals surface area contributed by atoms with Gasteiger partial charge >= 0.3 is 0 Å². The minimum Gasteiger partial charge on any atom is -0.493 e. The van der Waals surface area contributed by atoms with E-state index in [1.165, 1.54) is 0 Å². The van der Waals surface area contributed by atoms with Crippen LogP contribution in [0.5, 0.6) is 11.5 Å². The molecule has 1 heterocycles. The van der Waals surface area contributed by atoms with Gasteiger partial charge in [0.05, 0.1) is 7.11 Å². The van der Waals surface area contributed by atoms with Crippen LogP contribution >= 0.6 is 0 Å². The van der Waals surface area contributed by atoms with Gasteiger partial charge in [-0.3, -0.25) is 4.79 Å². The van der Waals surface area contributed by atoms with Crippen molar-refractivity contribution < 1.29 is 14.3 Å². The second-order valence-electron chi connectivity index (χ2n) is 6.12. The highest BCUT2D eigenvalue weighted by Gasteiger charge is 2.16. The van der Waals surface area contributed by atoms with Crippen LogP contribution in [0.2, 0.25) is 0 Å². The number of tetrazole rings is 1. The number of aromatic amines is 1. The number of amides is 1. The number of para-hydroxylation sites is 1. The first kappa shape index (κ1) is 17.5. The van der Waals surface area contributed by atoms with Crippen LogP contribution in [0.25, 0.3) is 0 Å². The van der Waals surface area contributed by atoms with Crippen molar-refractivity contribution in [1.29, 1.82) is 0 Å². The molecule has 0 unspecified atom stereocenters. The van der Waals surface area contributed by atoms with Crippen LogP contribution in [0.1, 0.15) is 26.3 Å². The molecule has 2 aromatic rings. The number of nitrogens with zero attached hydrogens (tertiary/aromatic N) is 3. The summed E-state index contributed by atoms with van der Waals surface area (Å²) in [5.41, 5.74) is 0.493. The smallest absolute Gasteiger partial charge is 0.263 e. The predicted molar refractivity (Wildman–Crippen MR) is 87.9 cm³/mol. The van der Waals surface area contributed by atoms with E-state index in [2.05, 4.69) is 31.3 Å². The summed E-state index contributed by atoms with van der Waals surface area (Å²) in [6, 6.07) is 5.48. The second-order valence-corrected chi connectivity index (χ2v) is 6.12. The Balaban J connectivity index is 2.07. The molecule has 0 spiro atoms. The lowest BCUT2D eigenvalue weighted by atomic mass is 10.1. The van der Waals surface area contributed by atoms with Crippen LogP contribution in [0, 0.1) is 0 Å². The molecule has 0 saturated carbocycles. The number of ether oxygens (including phenoxy) is 2. The van der Waals surface area contributed by atoms with Crippen molar-refractivity contribution in [2.75, 3.05) is 19.0 Å². The molecule has 0 aliphatic carbocycles. The number of hydrogen-bond acceptors (Lipinski definition) is 7. The molecule has 0 radical (unpaired) electrons. The Kier molecular flexibility index (Phi) is 5.56. The van der Waals surface area contributed by atoms with Crippen molar-refractivity contribution in [3.05, 3.63) is 23.8 Å². The molecular formula is C15H22N6O3. The Labute approximate surface area is 140 Å². The summed E-state index contributed by atoms with van der Waals surface area (Å²) in [6.07, 6.45) is 0. The molecule has 0 fully saturated rings. The summed E-state index contributed by atoms with van der Waals surface area (Å²) in [5, 5.41) is 19.3. The largest absolute Gasteiger partial charge is 0.493 e. The number of H-pyrrole nitrogens is 1. The molecule has 0 atom stereocenters. The number of methoxy groups -OCH3 is 1. The Bertz CT molecular complexity index is 666. The van der Waals surface area contributed by atoms with E-state index in [1.54, 1.807) is 13.2 Å². The normalized spacial score (nSPS) is 11.0. The van der Waals surface area contributed by atoms with Gasteiger partial charge < -0.3 is 20.1 Å². The standard InChI is InChI=1S/C15H22N6O3/c1-15(2,3)17-12(22)9-24-13-10(6-5-7-11(13)23-4)8-16-14-18-20-21-19-14/h5-7H,8-9H2,1-4H3,(H,17,22)(H2,16,18,19,20,21). The maximum atomic E-state index is 12.0. The van der Waals surface area contributed by atoms with E-state index in [0.717, 1.165) is 5.56 Å². The number of benzene rings is 1. The Morgan fingerprint density at radius 2 is 2.12 bits per heavy atom. The summed E-state index contributed by atoms with van der Waals surface area (Å²) in [5.74, 6) is 1.21. The van der Waals surface area contributed by atoms with E-state index in [0.29, 0.717) is 24.0 Å². The maximum absolute atomic E-state index is 12.0. The van der Waals surface area contributed by atoms with Crippen molar-refractivity contribution >= 4 is 11.9 Å². The van der Waals surface area contributed by atoms with E-state index in [-0.39, 0.29) is 18.1 Å². The summed E-state index contributed by atoms with van der Waals surface area (Å²) in [7, 11) is 1.55. The number of rotatable bonds is 7. The van der Waals surface area contributed by atoms with Gasteiger partial charge in [0.1, 0.15) is 0 Å². The number of carbonyl (C=O) groups is 1. The van der Waals surface area contributed by atoms with Gasteiger partial charge in [0.15, 0.2) is 18.1 Å². The molecule has 24 heavy (non-hydrogen) atoms. The Morgan fingerprint density at radius 3 is 2.75 bits per heavy atom. The molecule has 0 aliphatic rings. The third kappa shape index (κ3) is 5.11. The van der Waals surface area contributed by atoms with Crippen molar-refractivity contribution in [3.8, 4) is 11.5 Å². The minimum atomic E-state index is -0.315. The van der Waals surface area contributed by atoms with Crippen molar-refractivity contribution in [2.45, 2.75) is 32.9 Å². The third-order valence-corrected chi connectivity index (χ3v) is 2.92. The molecule has 0 bridgehead atoms. The quantitative estimate of drug-likeness (QED) is 0.695. The Morgan fingerprint density at radius 1 is 1.33 bits per heavy atom. The van der Waals surface area contributed by atoms with Gasteiger partial charge in [0, 0.05) is 17.6 Å². The molecule has 9 nitrogen and oxygen atoms in total. The van der Waals surface area contributed by atoms with Gasteiger partial charge in [0.25, 0.3) is 11.9 Å². The van der Waals surface area contributed by atoms with Crippen LogP contribution in [-0.2, 0) is 11.3 Å². The molecule has 0 saturated heterocycles. The van der Waals surface area contributed by atoms with Crippen LogP contribution in [0.15, 0.2) is 18.2 Å². The fourth-order valence-electron chi connectivity index (χ4n) is 2.03. The van der Waals surface area contributed by atoms with Gasteiger partial charge in [-0.2, -0.15) is 5.21 Å². The highest BCUT2D eigenvalue weighted by Crippen LogP contribution is 2.31. The molecule has 3 N–H and O–H groups in total. The van der Waals surface area contributed by atoms with E-state index in [4.69, 9.17) is 9.47 Å². The van der Waals surface area contributed by atoms with Gasteiger partial charge in [0.2, 0.25) is 0 Å². The molecule has 9 heteroatoms. The molecule has 1 aromatic heterocycles. The number of nitrogens with one attached hydrogen (secondary N) is 3. The highest BCUT2D eigenvalue weighted by atomic mass is 16.5. The van der Waals surface area contributed by atoms with Crippen LogP contribution in [0.3, 0.4) is 0 Å². The van der Waals surface area contributed by atoms with Crippen molar-refractivity contribution in [2.24, 2.45) is 0 Å². The van der Waals surface area contributed by atoms with Crippen LogP contribution in [-0.4, -0.2) is 45.8 Å². The monoisotopic (exact) mass is 334 g/mol. The number of hydrogen-bond donors (Lipinski definition) is 3. The Hall–Kier alpha value is -2.84. The number of carbonyl (C=O) groups excluding carboxylic acids is 1. The molecule has 1 aromatic carbocycles. The average molecular weight is 334 g/mol. The van der Waals surface area contributed by atoms with Gasteiger partial charge in [-0.15, -0.1) is 5.10 Å². The van der Waals surface area contributed by atoms with Gasteiger partial charge in [-0.25, -0.2) is 0 Å². The zero-order valence-corrected chi connectivity index (χ0v) is 14.2. The molecule has 130 valence electrons. The van der Waals surface area contributed by atoms with Gasteiger partial charge in [-0.1, -0.05) is 17.2 Å². The lowest BCUT2D eigenvalue weighted by Gasteiger charge is -2.21. The van der Waals surface area contributed by atoms with E-state index in [9.17, 15) is 4.79 Å². The SMILES string of the molecule is COc1cccc(CNc2nn[nH]n2)c1OCC(=O)NC(C)(C)C. The summed E-state index contributed by atoms with van der Waals surface area (Å²) < 4.78 is 11.0. The minimum absolute atomic E-state index is 0.104. The summed E-state index contributed by atoms with van der Waals surface area (Å²) in [4.78, 5) is 12.0. The number of anilines is 1. The summed E-state index contributed by atoms with van der Waals surface area (Å²) in [6.45, 7) is 6.02. The van der Waals surface area contributed by atoms with E-state index in [1.807, 2.05) is 32.9 Å². The lowest BCUT2D eigenvalue weighted by molar-refractivity contribution is -0.124. The molecule has 1 amide bonds. The van der Waals surface area contributed by atoms with Crippen LogP contribution in [0.4, 0.5) is 5.95 Å². The average Bonchev–Trinajstić information content (AvgIpc) is 3.02. The maximum Gasteiger partial charge on any atom is 0.263 e. The fourth-order valence-corrected chi connectivity index (χ4v) is 2.03. The molecular weight excluding hydrogens is 312 g/mol. The highest BCUT2D eigenvalue weighted by molar-refractivity contribution is 5.78. The predicted octanol–water partition coefficient (Wildman–Crippen LogP) is 1.11. The molecule has 2 rings (SSSR count). The third-order valence-electron chi connectivity index (χ3n) is 2.92. The van der Waals surface area contributed by atoms with Crippen molar-refractivity contribution in [3.63, 3.8) is 0 Å². The van der Waals surface area contributed by atoms with E-state index >= 15 is 0 Å². The topological polar surface area (TPSA) is 114 Å². The second kappa shape index (κ2) is 7.62. The van der Waals surface area contributed by atoms with E-state index < -0.39 is 0 Å². The van der Waals surface area contributed by atoms with Gasteiger partial charge in [-0.05, 0) is 32.1 Å². The summed E-state index contributed by atoms with van der Waals surface area (Å²) >= 11 is 0. The first-order valence-electron chi connectivity index (χ1n) is 7.46.